The zero-order chi connectivity index (χ0) is 26.9. The van der Waals surface area contributed by atoms with Crippen molar-refractivity contribution >= 4 is 6.09 Å². The average Bonchev–Trinajstić information content (AvgIpc) is 3.21. The topological polar surface area (TPSA) is 135 Å². The van der Waals surface area contributed by atoms with Crippen molar-refractivity contribution in [2.45, 2.75) is 109 Å². The molecule has 6 unspecified atom stereocenters. The molecule has 208 valence electrons. The first-order valence-electron chi connectivity index (χ1n) is 14.7. The molecule has 4 rings (SSSR count). The lowest BCUT2D eigenvalue weighted by molar-refractivity contribution is -0.160. The monoisotopic (exact) mass is 515 g/mol. The summed E-state index contributed by atoms with van der Waals surface area (Å²) in [5, 5.41) is 11.7. The van der Waals surface area contributed by atoms with Gasteiger partial charge in [-0.05, 0) is 86.9 Å². The van der Waals surface area contributed by atoms with Crippen LogP contribution in [-0.4, -0.2) is 48.3 Å². The number of carbonyl (C=O) groups excluding carboxylic acids is 1. The summed E-state index contributed by atoms with van der Waals surface area (Å²) in [6, 6.07) is 2.04. The van der Waals surface area contributed by atoms with Gasteiger partial charge in [0.15, 0.2) is 0 Å². The number of ether oxygens (including phenoxy) is 1. The van der Waals surface area contributed by atoms with E-state index in [9.17, 15) is 9.70 Å². The number of amides is 1. The summed E-state index contributed by atoms with van der Waals surface area (Å²) in [6.07, 6.45) is 12.2. The van der Waals surface area contributed by atoms with Crippen LogP contribution in [0.3, 0.4) is 0 Å². The highest BCUT2D eigenvalue weighted by molar-refractivity contribution is 5.67. The number of hydrogen-bond acceptors (Lipinski definition) is 7. The predicted molar refractivity (Wildman–Crippen MR) is 144 cm³/mol. The Kier molecular flexibility index (Phi) is 8.26. The molecule has 0 aromatic carbocycles. The van der Waals surface area contributed by atoms with Gasteiger partial charge in [-0.15, -0.1) is 0 Å². The van der Waals surface area contributed by atoms with Crippen LogP contribution in [0, 0.1) is 50.7 Å². The highest BCUT2D eigenvalue weighted by Crippen LogP contribution is 2.70. The third kappa shape index (κ3) is 4.58. The van der Waals surface area contributed by atoms with Gasteiger partial charge in [-0.25, -0.2) is 4.79 Å². The minimum Gasteiger partial charge on any atom is -0.449 e. The Balaban J connectivity index is 1.37. The van der Waals surface area contributed by atoms with Gasteiger partial charge in [0.1, 0.15) is 0 Å². The standard InChI is InChI=1S/C29H49N5O3/c1-21-20-24-23-10-9-22(8-6-19-37-25(35)34(17-7-15-30)18-16-33-36)26(23,2)13-14-29(24,32)27(3)11-4-5-12-28(21,27)31/h21-24H,4-14,16-20,31-32H2,1-3H3/t21-,22?,23?,24?,26?,27?,28?,29+/m0/s1. The van der Waals surface area contributed by atoms with E-state index >= 15 is 0 Å². The molecule has 4 aliphatic carbocycles. The van der Waals surface area contributed by atoms with Crippen molar-refractivity contribution in [3.8, 4) is 6.07 Å². The minimum atomic E-state index is -0.456. The van der Waals surface area contributed by atoms with Crippen molar-refractivity contribution in [2.75, 3.05) is 26.2 Å². The molecule has 0 aromatic rings. The maximum atomic E-state index is 12.5. The molecule has 0 aliphatic heterocycles. The fraction of sp³-hybridized carbons (Fsp3) is 0.931. The molecular formula is C29H49N5O3. The van der Waals surface area contributed by atoms with Gasteiger partial charge in [0.05, 0.1) is 25.6 Å². The molecule has 4 aliphatic rings. The summed E-state index contributed by atoms with van der Waals surface area (Å²) >= 11 is 0. The average molecular weight is 516 g/mol. The largest absolute Gasteiger partial charge is 0.449 e. The van der Waals surface area contributed by atoms with Gasteiger partial charge in [0.2, 0.25) is 0 Å². The Labute approximate surface area is 223 Å². The van der Waals surface area contributed by atoms with E-state index in [0.717, 1.165) is 44.9 Å². The van der Waals surface area contributed by atoms with Gasteiger partial charge < -0.3 is 21.1 Å². The van der Waals surface area contributed by atoms with Crippen LogP contribution in [0.25, 0.3) is 0 Å². The molecule has 8 nitrogen and oxygen atoms in total. The number of nitriles is 1. The van der Waals surface area contributed by atoms with E-state index in [1.165, 1.54) is 30.6 Å². The van der Waals surface area contributed by atoms with E-state index in [1.807, 2.05) is 6.07 Å². The first kappa shape index (κ1) is 28.3. The van der Waals surface area contributed by atoms with Crippen LogP contribution in [0.2, 0.25) is 0 Å². The molecule has 4 fully saturated rings. The highest BCUT2D eigenvalue weighted by atomic mass is 16.6. The lowest BCUT2D eigenvalue weighted by Gasteiger charge is -2.71. The molecular weight excluding hydrogens is 466 g/mol. The second-order valence-electron chi connectivity index (χ2n) is 13.3. The summed E-state index contributed by atoms with van der Waals surface area (Å²) in [4.78, 5) is 24.4. The van der Waals surface area contributed by atoms with E-state index in [4.69, 9.17) is 21.5 Å². The number of nitroso groups, excluding NO2 is 1. The van der Waals surface area contributed by atoms with Crippen molar-refractivity contribution in [1.82, 2.24) is 4.90 Å². The van der Waals surface area contributed by atoms with Crippen molar-refractivity contribution in [3.05, 3.63) is 4.91 Å². The minimum absolute atomic E-state index is 0.00495. The van der Waals surface area contributed by atoms with Gasteiger partial charge in [-0.1, -0.05) is 38.8 Å². The van der Waals surface area contributed by atoms with E-state index < -0.39 is 6.09 Å². The zero-order valence-corrected chi connectivity index (χ0v) is 23.3. The first-order chi connectivity index (χ1) is 17.6. The maximum Gasteiger partial charge on any atom is 0.409 e. The summed E-state index contributed by atoms with van der Waals surface area (Å²) < 4.78 is 5.53. The number of fused-ring (bicyclic) bond motifs is 5. The van der Waals surface area contributed by atoms with Crippen LogP contribution >= 0.6 is 0 Å². The fourth-order valence-electron chi connectivity index (χ4n) is 9.62. The van der Waals surface area contributed by atoms with Gasteiger partial charge in [-0.2, -0.15) is 10.2 Å². The van der Waals surface area contributed by atoms with Gasteiger partial charge in [0, 0.05) is 29.6 Å². The van der Waals surface area contributed by atoms with Crippen molar-refractivity contribution in [3.63, 3.8) is 0 Å². The van der Waals surface area contributed by atoms with Crippen LogP contribution < -0.4 is 11.5 Å². The van der Waals surface area contributed by atoms with E-state index in [-0.39, 0.29) is 48.0 Å². The second kappa shape index (κ2) is 10.8. The Bertz CT molecular complexity index is 893. The molecule has 0 saturated heterocycles. The molecule has 1 amide bonds. The van der Waals surface area contributed by atoms with Crippen molar-refractivity contribution < 1.29 is 9.53 Å². The summed E-state index contributed by atoms with van der Waals surface area (Å²) in [5.74, 6) is 2.29. The highest BCUT2D eigenvalue weighted by Gasteiger charge is 2.70. The molecule has 8 atom stereocenters. The molecule has 37 heavy (non-hydrogen) atoms. The van der Waals surface area contributed by atoms with Gasteiger partial charge >= 0.3 is 6.09 Å². The van der Waals surface area contributed by atoms with Crippen LogP contribution in [0.15, 0.2) is 5.18 Å². The maximum absolute atomic E-state index is 12.5. The van der Waals surface area contributed by atoms with E-state index in [1.54, 1.807) is 0 Å². The third-order valence-corrected chi connectivity index (χ3v) is 12.0. The Morgan fingerprint density at radius 2 is 1.84 bits per heavy atom. The lowest BCUT2D eigenvalue weighted by Crippen LogP contribution is -2.79. The first-order valence-corrected chi connectivity index (χ1v) is 14.7. The normalized spacial score (nSPS) is 42.6. The van der Waals surface area contributed by atoms with Crippen molar-refractivity contribution in [1.29, 1.82) is 5.26 Å². The van der Waals surface area contributed by atoms with Crippen LogP contribution in [0.1, 0.15) is 97.8 Å². The summed E-state index contributed by atoms with van der Waals surface area (Å²) in [7, 11) is 0. The lowest BCUT2D eigenvalue weighted by atomic mass is 9.37. The van der Waals surface area contributed by atoms with Gasteiger partial charge in [-0.3, -0.25) is 0 Å². The molecule has 4 N–H and O–H groups in total. The second-order valence-corrected chi connectivity index (χ2v) is 13.3. The Morgan fingerprint density at radius 1 is 1.08 bits per heavy atom. The van der Waals surface area contributed by atoms with Crippen molar-refractivity contribution in [2.24, 2.45) is 51.1 Å². The fourth-order valence-corrected chi connectivity index (χ4v) is 9.62. The number of hydrogen-bond donors (Lipinski definition) is 2. The zero-order valence-electron chi connectivity index (χ0n) is 23.3. The number of nitrogens with zero attached hydrogens (tertiary/aromatic N) is 3. The summed E-state index contributed by atoms with van der Waals surface area (Å²) in [6.45, 7) is 8.16. The number of nitrogens with two attached hydrogens (primary N) is 2. The smallest absolute Gasteiger partial charge is 0.409 e. The quantitative estimate of drug-likeness (QED) is 0.314. The molecule has 8 heteroatoms. The van der Waals surface area contributed by atoms with Crippen LogP contribution in [-0.2, 0) is 4.74 Å². The van der Waals surface area contributed by atoms with E-state index in [2.05, 4.69) is 25.9 Å². The molecule has 0 aromatic heterocycles. The summed E-state index contributed by atoms with van der Waals surface area (Å²) in [5.41, 5.74) is 14.7. The molecule has 0 radical (unpaired) electrons. The van der Waals surface area contributed by atoms with Gasteiger partial charge in [0.25, 0.3) is 0 Å². The number of carbonyl (C=O) groups is 1. The predicted octanol–water partition coefficient (Wildman–Crippen LogP) is 5.34. The Morgan fingerprint density at radius 3 is 2.57 bits per heavy atom. The third-order valence-electron chi connectivity index (χ3n) is 12.0. The van der Waals surface area contributed by atoms with E-state index in [0.29, 0.717) is 30.3 Å². The molecule has 0 heterocycles. The van der Waals surface area contributed by atoms with Crippen LogP contribution in [0.4, 0.5) is 4.79 Å². The molecule has 4 saturated carbocycles. The Hall–Kier alpha value is -1.72. The van der Waals surface area contributed by atoms with Crippen LogP contribution in [0.5, 0.6) is 0 Å². The SMILES string of the molecule is C[C@H]1CC2C3CCC(CCCOC(=O)N(CCC#N)CCN=O)C3(C)CC[C@]2(N)C2(C)CCCCC12N. The molecule has 0 bridgehead atoms. The number of rotatable bonds is 9. The molecule has 0 spiro atoms.